The first-order valence-corrected chi connectivity index (χ1v) is 20.3. The highest BCUT2D eigenvalue weighted by Gasteiger charge is 2.31. The van der Waals surface area contributed by atoms with E-state index in [9.17, 15) is 0 Å². The minimum Gasteiger partial charge on any atom is -0.0651 e. The summed E-state index contributed by atoms with van der Waals surface area (Å²) < 4.78 is 0. The van der Waals surface area contributed by atoms with Gasteiger partial charge in [-0.05, 0) is 103 Å². The van der Waals surface area contributed by atoms with Gasteiger partial charge in [0.15, 0.2) is 0 Å². The minimum absolute atomic E-state index is 0.385. The summed E-state index contributed by atoms with van der Waals surface area (Å²) in [6.45, 7) is 4.56. The van der Waals surface area contributed by atoms with Gasteiger partial charge in [-0.1, -0.05) is 184 Å². The fourth-order valence-corrected chi connectivity index (χ4v) is 10.2. The van der Waals surface area contributed by atoms with E-state index in [0.29, 0.717) is 11.8 Å². The number of allylic oxidation sites excluding steroid dienone is 2. The molecule has 6 aromatic rings. The molecule has 8 rings (SSSR count). The molecule has 2 radical (unpaired) electrons. The van der Waals surface area contributed by atoms with Crippen molar-refractivity contribution in [1.29, 1.82) is 0 Å². The average Bonchev–Trinajstić information content (AvgIpc) is 3.75. The van der Waals surface area contributed by atoms with Crippen molar-refractivity contribution in [2.75, 3.05) is 0 Å². The number of aryl methyl sites for hydroxylation is 2. The molecule has 0 saturated carbocycles. The first-order valence-electron chi connectivity index (χ1n) is 18.9. The number of benzene rings is 6. The quantitative estimate of drug-likeness (QED) is 0.113. The molecule has 0 nitrogen and oxygen atoms in total. The standard InChI is InChI=1S/C50H46Si/c1-3-17-35-23-11-13-25-39(35)41-27-15-29-43-47(41)31-45(37-19-7-5-8-20-37)49(43)33-51-34-50-44-30-16-28-42(40-26-14-12-24-36(40)18-4-2)48(44)32-46(50)38-21-9-6-10-22-38/h5-16,19-32,49-50H,3-4,17-18,33-34H2,1-2H3. The van der Waals surface area contributed by atoms with E-state index >= 15 is 0 Å². The van der Waals surface area contributed by atoms with E-state index < -0.39 is 0 Å². The van der Waals surface area contributed by atoms with E-state index in [0.717, 1.165) is 47.3 Å². The smallest absolute Gasteiger partial charge is 0.0397 e. The second-order valence-electron chi connectivity index (χ2n) is 14.1. The van der Waals surface area contributed by atoms with Crippen LogP contribution >= 0.6 is 0 Å². The van der Waals surface area contributed by atoms with Crippen LogP contribution in [-0.4, -0.2) is 9.52 Å². The zero-order valence-electron chi connectivity index (χ0n) is 29.9. The minimum atomic E-state index is 0.385. The third-order valence-electron chi connectivity index (χ3n) is 10.9. The molecule has 0 spiro atoms. The predicted molar refractivity (Wildman–Crippen MR) is 221 cm³/mol. The van der Waals surface area contributed by atoms with Crippen LogP contribution in [-0.2, 0) is 12.8 Å². The van der Waals surface area contributed by atoms with Crippen LogP contribution < -0.4 is 0 Å². The lowest BCUT2D eigenvalue weighted by Gasteiger charge is -2.21. The summed E-state index contributed by atoms with van der Waals surface area (Å²) in [6, 6.07) is 56.8. The third kappa shape index (κ3) is 6.52. The van der Waals surface area contributed by atoms with Gasteiger partial charge < -0.3 is 0 Å². The van der Waals surface area contributed by atoms with Gasteiger partial charge in [-0.2, -0.15) is 0 Å². The molecule has 0 heterocycles. The summed E-state index contributed by atoms with van der Waals surface area (Å²) in [6.07, 6.45) is 9.56. The van der Waals surface area contributed by atoms with E-state index in [1.54, 1.807) is 0 Å². The number of rotatable bonds is 12. The van der Waals surface area contributed by atoms with Crippen LogP contribution in [0.1, 0.15) is 83.0 Å². The lowest BCUT2D eigenvalue weighted by Crippen LogP contribution is -2.08. The highest BCUT2D eigenvalue weighted by atomic mass is 28.2. The van der Waals surface area contributed by atoms with Gasteiger partial charge in [0.25, 0.3) is 0 Å². The molecule has 0 saturated heterocycles. The third-order valence-corrected chi connectivity index (χ3v) is 12.3. The van der Waals surface area contributed by atoms with Crippen molar-refractivity contribution >= 4 is 32.8 Å². The molecule has 1 heteroatoms. The van der Waals surface area contributed by atoms with Crippen LogP contribution in [0.2, 0.25) is 12.1 Å². The van der Waals surface area contributed by atoms with Crippen molar-refractivity contribution in [2.45, 2.75) is 63.5 Å². The van der Waals surface area contributed by atoms with Crippen molar-refractivity contribution in [3.8, 4) is 22.3 Å². The first kappa shape index (κ1) is 33.2. The van der Waals surface area contributed by atoms with Gasteiger partial charge in [0.2, 0.25) is 0 Å². The SMILES string of the molecule is CCCc1ccccc1-c1cccc2c1C=C(c1ccccc1)C2C[Si]CC1C(c2ccccc2)=Cc2c(-c3ccccc3CCC)cccc21. The second kappa shape index (κ2) is 15.1. The molecule has 0 fully saturated rings. The summed E-state index contributed by atoms with van der Waals surface area (Å²) in [7, 11) is 0.826. The summed E-state index contributed by atoms with van der Waals surface area (Å²) in [5.41, 5.74) is 19.9. The molecule has 2 unspecified atom stereocenters. The van der Waals surface area contributed by atoms with Crippen molar-refractivity contribution in [3.05, 3.63) is 190 Å². The molecule has 250 valence electrons. The molecule has 0 bridgehead atoms. The molecule has 51 heavy (non-hydrogen) atoms. The highest BCUT2D eigenvalue weighted by molar-refractivity contribution is 6.37. The summed E-state index contributed by atoms with van der Waals surface area (Å²) in [5, 5.41) is 0. The van der Waals surface area contributed by atoms with Gasteiger partial charge in [0.05, 0.1) is 0 Å². The molecule has 2 aliphatic rings. The first-order chi connectivity index (χ1) is 25.2. The van der Waals surface area contributed by atoms with Gasteiger partial charge in [-0.25, -0.2) is 0 Å². The van der Waals surface area contributed by atoms with E-state index in [1.807, 2.05) is 0 Å². The van der Waals surface area contributed by atoms with E-state index in [4.69, 9.17) is 0 Å². The van der Waals surface area contributed by atoms with Crippen LogP contribution in [0.4, 0.5) is 0 Å². The van der Waals surface area contributed by atoms with Gasteiger partial charge in [-0.15, -0.1) is 0 Å². The van der Waals surface area contributed by atoms with Crippen molar-refractivity contribution < 1.29 is 0 Å². The van der Waals surface area contributed by atoms with Crippen LogP contribution in [0, 0.1) is 0 Å². The van der Waals surface area contributed by atoms with Crippen molar-refractivity contribution in [2.24, 2.45) is 0 Å². The zero-order valence-corrected chi connectivity index (χ0v) is 30.9. The maximum Gasteiger partial charge on any atom is 0.0397 e. The Labute approximate surface area is 307 Å². The molecule has 0 aromatic heterocycles. The Hall–Kier alpha value is -4.98. The fraction of sp³-hybridized carbons (Fsp3) is 0.200. The van der Waals surface area contributed by atoms with E-state index in [2.05, 4.69) is 172 Å². The Morgan fingerprint density at radius 2 is 0.804 bits per heavy atom. The molecule has 0 N–H and O–H groups in total. The van der Waals surface area contributed by atoms with E-state index in [1.165, 1.54) is 77.9 Å². The van der Waals surface area contributed by atoms with Crippen LogP contribution in [0.15, 0.2) is 146 Å². The number of hydrogen-bond acceptors (Lipinski definition) is 0. The van der Waals surface area contributed by atoms with Crippen LogP contribution in [0.5, 0.6) is 0 Å². The van der Waals surface area contributed by atoms with Crippen molar-refractivity contribution in [1.82, 2.24) is 0 Å². The van der Waals surface area contributed by atoms with Crippen molar-refractivity contribution in [3.63, 3.8) is 0 Å². The highest BCUT2D eigenvalue weighted by Crippen LogP contribution is 2.50. The molecule has 6 aromatic carbocycles. The Balaban J connectivity index is 1.14. The van der Waals surface area contributed by atoms with E-state index in [-0.39, 0.29) is 0 Å². The Kier molecular flexibility index (Phi) is 9.82. The van der Waals surface area contributed by atoms with Gasteiger partial charge in [0, 0.05) is 21.4 Å². The average molecular weight is 675 g/mol. The molecular formula is C50H46Si. The topological polar surface area (TPSA) is 0 Å². The van der Waals surface area contributed by atoms with Crippen LogP contribution in [0.3, 0.4) is 0 Å². The summed E-state index contributed by atoms with van der Waals surface area (Å²) in [5.74, 6) is 0.771. The predicted octanol–water partition coefficient (Wildman–Crippen LogP) is 13.4. The molecule has 2 atom stereocenters. The zero-order chi connectivity index (χ0) is 34.6. The molecule has 0 aliphatic heterocycles. The Bertz CT molecular complexity index is 2050. The van der Waals surface area contributed by atoms with Gasteiger partial charge >= 0.3 is 0 Å². The Morgan fingerprint density at radius 3 is 1.24 bits per heavy atom. The fourth-order valence-electron chi connectivity index (χ4n) is 8.60. The molecule has 2 aliphatic carbocycles. The normalized spacial score (nSPS) is 16.0. The van der Waals surface area contributed by atoms with Gasteiger partial charge in [0.1, 0.15) is 0 Å². The van der Waals surface area contributed by atoms with Gasteiger partial charge in [-0.3, -0.25) is 0 Å². The maximum atomic E-state index is 2.53. The lowest BCUT2D eigenvalue weighted by atomic mass is 9.89. The summed E-state index contributed by atoms with van der Waals surface area (Å²) in [4.78, 5) is 0. The Morgan fingerprint density at radius 1 is 0.412 bits per heavy atom. The number of fused-ring (bicyclic) bond motifs is 2. The second-order valence-corrected chi connectivity index (χ2v) is 15.4. The molecular weight excluding hydrogens is 629 g/mol. The molecule has 0 amide bonds. The van der Waals surface area contributed by atoms with Crippen LogP contribution in [0.25, 0.3) is 45.6 Å². The lowest BCUT2D eigenvalue weighted by molar-refractivity contribution is 0.923. The maximum absolute atomic E-state index is 2.53. The summed E-state index contributed by atoms with van der Waals surface area (Å²) >= 11 is 0. The monoisotopic (exact) mass is 674 g/mol. The number of hydrogen-bond donors (Lipinski definition) is 0. The largest absolute Gasteiger partial charge is 0.0651 e.